The van der Waals surface area contributed by atoms with E-state index >= 15 is 0 Å². The van der Waals surface area contributed by atoms with E-state index in [9.17, 15) is 0 Å². The summed E-state index contributed by atoms with van der Waals surface area (Å²) in [4.78, 5) is 8.91. The third kappa shape index (κ3) is 6.27. The lowest BCUT2D eigenvalue weighted by Crippen LogP contribution is -2.36. The van der Waals surface area contributed by atoms with Crippen molar-refractivity contribution in [1.29, 1.82) is 0 Å². The van der Waals surface area contributed by atoms with Crippen molar-refractivity contribution in [3.05, 3.63) is 41.4 Å². The topological polar surface area (TPSA) is 84.6 Å². The smallest absolute Gasteiger partial charge is 0.213 e. The van der Waals surface area contributed by atoms with Gasteiger partial charge in [-0.3, -0.25) is 0 Å². The van der Waals surface area contributed by atoms with Crippen LogP contribution in [-0.2, 0) is 13.1 Å². The van der Waals surface area contributed by atoms with E-state index in [1.807, 2.05) is 25.1 Å². The van der Waals surface area contributed by atoms with Crippen molar-refractivity contribution in [2.24, 2.45) is 10.9 Å². The van der Waals surface area contributed by atoms with Gasteiger partial charge in [0.05, 0.1) is 25.4 Å². The number of nitrogens with one attached hydrogen (secondary N) is 2. The number of hydrogen-bond acceptors (Lipinski definition) is 5. The zero-order valence-corrected chi connectivity index (χ0v) is 16.4. The van der Waals surface area contributed by atoms with Crippen LogP contribution in [0.5, 0.6) is 5.88 Å². The zero-order chi connectivity index (χ0) is 19.1. The lowest BCUT2D eigenvalue weighted by atomic mass is 10.1. The van der Waals surface area contributed by atoms with Crippen molar-refractivity contribution >= 4 is 5.96 Å². The Hall–Kier alpha value is -2.57. The van der Waals surface area contributed by atoms with Crippen molar-refractivity contribution in [3.8, 4) is 5.88 Å². The third-order valence-corrected chi connectivity index (χ3v) is 4.33. The molecule has 0 aromatic carbocycles. The molecule has 2 aromatic heterocycles. The summed E-state index contributed by atoms with van der Waals surface area (Å²) in [5.74, 6) is 3.27. The molecule has 2 aromatic rings. The Bertz CT molecular complexity index is 752. The van der Waals surface area contributed by atoms with Crippen molar-refractivity contribution < 1.29 is 9.26 Å². The lowest BCUT2D eigenvalue weighted by Gasteiger charge is -2.10. The molecule has 0 spiro atoms. The maximum atomic E-state index is 5.74. The van der Waals surface area contributed by atoms with E-state index in [1.54, 1.807) is 6.20 Å². The minimum absolute atomic E-state index is 0.354. The Morgan fingerprint density at radius 1 is 1.33 bits per heavy atom. The van der Waals surface area contributed by atoms with Gasteiger partial charge in [-0.1, -0.05) is 19.0 Å². The molecule has 0 radical (unpaired) electrons. The molecule has 0 aliphatic heterocycles. The van der Waals surface area contributed by atoms with Crippen LogP contribution < -0.4 is 15.4 Å². The van der Waals surface area contributed by atoms with Gasteiger partial charge in [-0.05, 0) is 43.2 Å². The van der Waals surface area contributed by atoms with Gasteiger partial charge in [0.15, 0.2) is 11.7 Å². The van der Waals surface area contributed by atoms with Crippen LogP contribution >= 0.6 is 0 Å². The first kappa shape index (κ1) is 19.2. The van der Waals surface area contributed by atoms with Crippen LogP contribution in [0.1, 0.15) is 56.5 Å². The van der Waals surface area contributed by atoms with Crippen molar-refractivity contribution in [3.63, 3.8) is 0 Å². The zero-order valence-electron chi connectivity index (χ0n) is 16.4. The van der Waals surface area contributed by atoms with Crippen LogP contribution in [0.2, 0.25) is 0 Å². The number of aromatic nitrogens is 2. The molecule has 0 amide bonds. The van der Waals surface area contributed by atoms with E-state index in [0.29, 0.717) is 30.8 Å². The summed E-state index contributed by atoms with van der Waals surface area (Å²) in [7, 11) is 0. The molecule has 2 heterocycles. The quantitative estimate of drug-likeness (QED) is 0.520. The molecule has 27 heavy (non-hydrogen) atoms. The summed E-state index contributed by atoms with van der Waals surface area (Å²) in [5, 5.41) is 10.6. The molecule has 0 unspecified atom stereocenters. The second-order valence-electron chi connectivity index (χ2n) is 7.18. The Labute approximate surface area is 160 Å². The fourth-order valence-corrected chi connectivity index (χ4v) is 2.48. The Morgan fingerprint density at radius 2 is 2.19 bits per heavy atom. The van der Waals surface area contributed by atoms with E-state index in [0.717, 1.165) is 36.1 Å². The number of nitrogens with zero attached hydrogens (tertiary/aromatic N) is 3. The summed E-state index contributed by atoms with van der Waals surface area (Å²) in [6.07, 6.45) is 4.31. The van der Waals surface area contributed by atoms with Gasteiger partial charge in [0, 0.05) is 24.9 Å². The molecule has 1 aliphatic rings. The number of hydrogen-bond donors (Lipinski definition) is 2. The number of rotatable bonds is 9. The van der Waals surface area contributed by atoms with Gasteiger partial charge in [0.2, 0.25) is 5.88 Å². The van der Waals surface area contributed by atoms with Gasteiger partial charge in [0.1, 0.15) is 0 Å². The van der Waals surface area contributed by atoms with Gasteiger partial charge >= 0.3 is 0 Å². The number of pyridine rings is 1. The molecular weight excluding hydrogens is 342 g/mol. The van der Waals surface area contributed by atoms with Gasteiger partial charge in [0.25, 0.3) is 0 Å². The van der Waals surface area contributed by atoms with E-state index in [1.165, 1.54) is 12.8 Å². The first-order valence-electron chi connectivity index (χ1n) is 9.69. The van der Waals surface area contributed by atoms with E-state index in [2.05, 4.69) is 39.6 Å². The van der Waals surface area contributed by atoms with Crippen molar-refractivity contribution in [2.75, 3.05) is 13.2 Å². The summed E-state index contributed by atoms with van der Waals surface area (Å²) in [6, 6.07) is 5.90. The normalized spacial score (nSPS) is 14.4. The molecule has 7 heteroatoms. The monoisotopic (exact) mass is 371 g/mol. The Kier molecular flexibility index (Phi) is 6.68. The maximum absolute atomic E-state index is 5.74. The lowest BCUT2D eigenvalue weighted by molar-refractivity contribution is 0.288. The predicted molar refractivity (Wildman–Crippen MR) is 105 cm³/mol. The highest BCUT2D eigenvalue weighted by atomic mass is 16.5. The fourth-order valence-electron chi connectivity index (χ4n) is 2.48. The molecule has 1 fully saturated rings. The highest BCUT2D eigenvalue weighted by molar-refractivity contribution is 5.79. The molecule has 0 atom stereocenters. The van der Waals surface area contributed by atoms with Crippen LogP contribution in [0.15, 0.2) is 33.9 Å². The van der Waals surface area contributed by atoms with Crippen LogP contribution in [0, 0.1) is 5.92 Å². The average Bonchev–Trinajstić information content (AvgIpc) is 3.37. The van der Waals surface area contributed by atoms with Gasteiger partial charge in [-0.15, -0.1) is 0 Å². The van der Waals surface area contributed by atoms with Crippen LogP contribution in [0.4, 0.5) is 0 Å². The Balaban J connectivity index is 1.55. The molecule has 0 saturated heterocycles. The van der Waals surface area contributed by atoms with Crippen LogP contribution in [0.25, 0.3) is 0 Å². The highest BCUT2D eigenvalue weighted by Gasteiger charge is 2.22. The minimum atomic E-state index is 0.354. The molecule has 7 nitrogen and oxygen atoms in total. The van der Waals surface area contributed by atoms with Crippen LogP contribution in [-0.4, -0.2) is 29.3 Å². The molecule has 0 bridgehead atoms. The second-order valence-corrected chi connectivity index (χ2v) is 7.18. The first-order valence-corrected chi connectivity index (χ1v) is 9.69. The molecule has 1 aliphatic carbocycles. The summed E-state index contributed by atoms with van der Waals surface area (Å²) in [5.41, 5.74) is 2.03. The van der Waals surface area contributed by atoms with Crippen LogP contribution in [0.3, 0.4) is 0 Å². The SMILES string of the molecule is CCNC(=NCc1ccnc(OCC2CC2)c1)NCc1cc(C(C)C)no1. The molecule has 146 valence electrons. The summed E-state index contributed by atoms with van der Waals surface area (Å²) < 4.78 is 11.1. The highest BCUT2D eigenvalue weighted by Crippen LogP contribution is 2.29. The number of ether oxygens (including phenoxy) is 1. The number of guanidine groups is 1. The van der Waals surface area contributed by atoms with E-state index in [-0.39, 0.29) is 0 Å². The van der Waals surface area contributed by atoms with Gasteiger partial charge in [-0.25, -0.2) is 9.98 Å². The molecular formula is C20H29N5O2. The average molecular weight is 371 g/mol. The summed E-state index contributed by atoms with van der Waals surface area (Å²) >= 11 is 0. The first-order chi connectivity index (χ1) is 13.1. The molecule has 1 saturated carbocycles. The van der Waals surface area contributed by atoms with Gasteiger partial charge < -0.3 is 19.9 Å². The molecule has 3 rings (SSSR count). The van der Waals surface area contributed by atoms with Crippen molar-refractivity contribution in [2.45, 2.75) is 52.6 Å². The van der Waals surface area contributed by atoms with E-state index in [4.69, 9.17) is 9.26 Å². The largest absolute Gasteiger partial charge is 0.477 e. The predicted octanol–water partition coefficient (Wildman–Crippen LogP) is 3.24. The second kappa shape index (κ2) is 9.39. The van der Waals surface area contributed by atoms with Crippen molar-refractivity contribution in [1.82, 2.24) is 20.8 Å². The standard InChI is InChI=1S/C20H29N5O2/c1-4-21-20(24-12-17-10-18(14(2)3)25-27-17)23-11-16-7-8-22-19(9-16)26-13-15-5-6-15/h7-10,14-15H,4-6,11-13H2,1-3H3,(H2,21,23,24). The maximum Gasteiger partial charge on any atom is 0.213 e. The number of aliphatic imine (C=N–C) groups is 1. The third-order valence-electron chi connectivity index (χ3n) is 4.33. The minimum Gasteiger partial charge on any atom is -0.477 e. The summed E-state index contributed by atoms with van der Waals surface area (Å²) in [6.45, 7) is 8.86. The molecule has 2 N–H and O–H groups in total. The van der Waals surface area contributed by atoms with Gasteiger partial charge in [-0.2, -0.15) is 0 Å². The fraction of sp³-hybridized carbons (Fsp3) is 0.550. The van der Waals surface area contributed by atoms with E-state index < -0.39 is 0 Å². The Morgan fingerprint density at radius 3 is 2.89 bits per heavy atom.